The van der Waals surface area contributed by atoms with Gasteiger partial charge in [-0.05, 0) is 41.2 Å². The zero-order valence-corrected chi connectivity index (χ0v) is 17.6. The van der Waals surface area contributed by atoms with Crippen LogP contribution in [0.4, 0.5) is 0 Å². The number of hydrogen-bond donors (Lipinski definition) is 0. The maximum Gasteiger partial charge on any atom is 0.226 e. The molecule has 0 aliphatic rings. The number of nitrogens with zero attached hydrogens (tertiary/aromatic N) is 4. The van der Waals surface area contributed by atoms with Gasteiger partial charge in [-0.1, -0.05) is 37.8 Å². The molecule has 0 aliphatic carbocycles. The lowest BCUT2D eigenvalue weighted by Crippen LogP contribution is -2.22. The van der Waals surface area contributed by atoms with E-state index in [1.807, 2.05) is 35.2 Å². The van der Waals surface area contributed by atoms with E-state index in [9.17, 15) is 0 Å². The molecule has 7 heteroatoms. The third-order valence-corrected chi connectivity index (χ3v) is 6.50. The highest BCUT2D eigenvalue weighted by atomic mass is 35.5. The van der Waals surface area contributed by atoms with E-state index in [4.69, 9.17) is 16.3 Å². The summed E-state index contributed by atoms with van der Waals surface area (Å²) in [6.45, 7) is 8.28. The quantitative estimate of drug-likeness (QED) is 0.250. The Morgan fingerprint density at radius 1 is 1.04 bits per heavy atom. The predicted molar refractivity (Wildman–Crippen MR) is 113 cm³/mol. The Morgan fingerprint density at radius 2 is 1.85 bits per heavy atom. The smallest absolute Gasteiger partial charge is 0.226 e. The molecule has 0 bridgehead atoms. The lowest BCUT2D eigenvalue weighted by Gasteiger charge is -2.15. The molecule has 0 N–H and O–H groups in total. The van der Waals surface area contributed by atoms with Crippen LogP contribution in [-0.4, -0.2) is 33.8 Å². The van der Waals surface area contributed by atoms with Crippen molar-refractivity contribution in [3.05, 3.63) is 54.1 Å². The number of rotatable bonds is 6. The van der Waals surface area contributed by atoms with E-state index >= 15 is 0 Å². The molecular formula is C20H23ClN4OSi. The van der Waals surface area contributed by atoms with Gasteiger partial charge < -0.3 is 13.9 Å². The van der Waals surface area contributed by atoms with E-state index in [0.29, 0.717) is 6.73 Å². The minimum atomic E-state index is -1.10. The van der Waals surface area contributed by atoms with Crippen LogP contribution in [0.25, 0.3) is 27.8 Å². The Bertz CT molecular complexity index is 1100. The van der Waals surface area contributed by atoms with Gasteiger partial charge in [0.15, 0.2) is 5.82 Å². The molecule has 0 unspecified atom stereocenters. The van der Waals surface area contributed by atoms with Gasteiger partial charge in [-0.2, -0.15) is 9.97 Å². The third-order valence-electron chi connectivity index (χ3n) is 4.63. The fourth-order valence-corrected chi connectivity index (χ4v) is 4.04. The number of ether oxygens (including phenoxy) is 1. The monoisotopic (exact) mass is 398 g/mol. The molecule has 0 saturated carbocycles. The number of halogens is 1. The molecule has 0 atom stereocenters. The van der Waals surface area contributed by atoms with Gasteiger partial charge in [0, 0.05) is 27.1 Å². The summed E-state index contributed by atoms with van der Waals surface area (Å²) in [4.78, 5) is 8.95. The fourth-order valence-electron chi connectivity index (χ4n) is 3.12. The van der Waals surface area contributed by atoms with Gasteiger partial charge in [0.25, 0.3) is 0 Å². The fraction of sp³-hybridized carbons (Fsp3) is 0.300. The predicted octanol–water partition coefficient (Wildman–Crippen LogP) is 5.34. The van der Waals surface area contributed by atoms with Gasteiger partial charge in [-0.15, -0.1) is 0 Å². The van der Waals surface area contributed by atoms with Crippen LogP contribution in [0.3, 0.4) is 0 Å². The second-order valence-corrected chi connectivity index (χ2v) is 13.9. The topological polar surface area (TPSA) is 44.9 Å². The molecule has 27 heavy (non-hydrogen) atoms. The summed E-state index contributed by atoms with van der Waals surface area (Å²) in [5, 5.41) is 2.35. The molecule has 5 nitrogen and oxygen atoms in total. The van der Waals surface area contributed by atoms with Crippen LogP contribution in [0.1, 0.15) is 0 Å². The second kappa shape index (κ2) is 7.11. The number of hydrogen-bond acceptors (Lipinski definition) is 3. The zero-order valence-electron chi connectivity index (χ0n) is 15.8. The third kappa shape index (κ3) is 3.78. The molecule has 0 fully saturated rings. The summed E-state index contributed by atoms with van der Waals surface area (Å²) < 4.78 is 9.94. The second-order valence-electron chi connectivity index (χ2n) is 7.93. The zero-order chi connectivity index (χ0) is 19.0. The first-order valence-corrected chi connectivity index (χ1v) is 13.2. The maximum absolute atomic E-state index is 6.26. The maximum atomic E-state index is 6.26. The highest BCUT2D eigenvalue weighted by Gasteiger charge is 2.15. The summed E-state index contributed by atoms with van der Waals surface area (Å²) in [5.41, 5.74) is 1.88. The van der Waals surface area contributed by atoms with Crippen molar-refractivity contribution in [2.45, 2.75) is 32.4 Å². The van der Waals surface area contributed by atoms with Crippen LogP contribution in [-0.2, 0) is 11.5 Å². The molecule has 4 rings (SSSR count). The summed E-state index contributed by atoms with van der Waals surface area (Å²) in [7, 11) is -1.10. The molecule has 1 aromatic carbocycles. The minimum Gasteiger partial charge on any atom is -0.361 e. The molecule has 4 aromatic rings. The van der Waals surface area contributed by atoms with Crippen LogP contribution < -0.4 is 0 Å². The number of benzene rings is 1. The molecule has 0 spiro atoms. The molecule has 0 amide bonds. The van der Waals surface area contributed by atoms with Crippen LogP contribution >= 0.6 is 11.6 Å². The van der Waals surface area contributed by atoms with Gasteiger partial charge in [0.2, 0.25) is 5.28 Å². The SMILES string of the molecule is C[Si](C)(C)CCOCn1ccc2c(-n3ccc4ccccc43)nc(Cl)nc21. The van der Waals surface area contributed by atoms with Crippen molar-refractivity contribution >= 4 is 41.6 Å². The summed E-state index contributed by atoms with van der Waals surface area (Å²) in [6.07, 6.45) is 4.00. The highest BCUT2D eigenvalue weighted by molar-refractivity contribution is 6.76. The van der Waals surface area contributed by atoms with Gasteiger partial charge in [-0.3, -0.25) is 0 Å². The van der Waals surface area contributed by atoms with Crippen LogP contribution in [0.5, 0.6) is 0 Å². The molecule has 0 saturated heterocycles. The lowest BCUT2D eigenvalue weighted by atomic mass is 10.2. The van der Waals surface area contributed by atoms with Crippen molar-refractivity contribution in [1.82, 2.24) is 19.1 Å². The summed E-state index contributed by atoms with van der Waals surface area (Å²) in [6, 6.07) is 13.5. The Balaban J connectivity index is 1.68. The molecule has 3 heterocycles. The van der Waals surface area contributed by atoms with E-state index in [2.05, 4.69) is 52.4 Å². The first-order valence-electron chi connectivity index (χ1n) is 9.09. The van der Waals surface area contributed by atoms with Crippen molar-refractivity contribution in [1.29, 1.82) is 0 Å². The van der Waals surface area contributed by atoms with Crippen molar-refractivity contribution in [2.24, 2.45) is 0 Å². The molecule has 0 aliphatic heterocycles. The standard InChI is InChI=1S/C20H23ClN4OSi/c1-27(2,3)13-12-26-14-24-10-9-16-18(24)22-20(21)23-19(16)25-11-8-15-6-4-5-7-17(15)25/h4-11H,12-14H2,1-3H3. The molecule has 3 aromatic heterocycles. The van der Waals surface area contributed by atoms with Crippen molar-refractivity contribution in [2.75, 3.05) is 6.61 Å². The normalized spacial score (nSPS) is 12.3. The van der Waals surface area contributed by atoms with Crippen molar-refractivity contribution < 1.29 is 4.74 Å². The summed E-state index contributed by atoms with van der Waals surface area (Å²) in [5.74, 6) is 0.784. The van der Waals surface area contributed by atoms with Gasteiger partial charge >= 0.3 is 0 Å². The van der Waals surface area contributed by atoms with Crippen LogP contribution in [0.15, 0.2) is 48.8 Å². The minimum absolute atomic E-state index is 0.234. The number of fused-ring (bicyclic) bond motifs is 2. The average Bonchev–Trinajstić information content (AvgIpc) is 3.21. The Hall–Kier alpha value is -2.15. The van der Waals surface area contributed by atoms with Gasteiger partial charge in [-0.25, -0.2) is 0 Å². The Morgan fingerprint density at radius 3 is 2.67 bits per heavy atom. The van der Waals surface area contributed by atoms with Gasteiger partial charge in [0.1, 0.15) is 12.4 Å². The molecular weight excluding hydrogens is 376 g/mol. The Labute approximate surface area is 164 Å². The van der Waals surface area contributed by atoms with Crippen LogP contribution in [0.2, 0.25) is 31.0 Å². The van der Waals surface area contributed by atoms with E-state index in [1.165, 1.54) is 0 Å². The average molecular weight is 399 g/mol. The summed E-state index contributed by atoms with van der Waals surface area (Å²) >= 11 is 6.26. The van der Waals surface area contributed by atoms with Gasteiger partial charge in [0.05, 0.1) is 10.9 Å². The first kappa shape index (κ1) is 18.2. The first-order chi connectivity index (χ1) is 12.9. The van der Waals surface area contributed by atoms with Crippen molar-refractivity contribution in [3.63, 3.8) is 0 Å². The Kier molecular flexibility index (Phi) is 4.80. The highest BCUT2D eigenvalue weighted by Crippen LogP contribution is 2.26. The largest absolute Gasteiger partial charge is 0.361 e. The van der Waals surface area contributed by atoms with E-state index in [0.717, 1.165) is 40.4 Å². The molecule has 140 valence electrons. The lowest BCUT2D eigenvalue weighted by molar-refractivity contribution is 0.0899. The van der Waals surface area contributed by atoms with E-state index in [-0.39, 0.29) is 5.28 Å². The van der Waals surface area contributed by atoms with E-state index in [1.54, 1.807) is 0 Å². The number of aromatic nitrogens is 4. The number of para-hydroxylation sites is 1. The molecule has 0 radical (unpaired) electrons. The van der Waals surface area contributed by atoms with Crippen molar-refractivity contribution in [3.8, 4) is 5.82 Å². The van der Waals surface area contributed by atoms with Crippen LogP contribution in [0, 0.1) is 0 Å². The van der Waals surface area contributed by atoms with E-state index < -0.39 is 8.07 Å².